The molecule has 4 atom stereocenters. The molecule has 1 fully saturated rings. The van der Waals surface area contributed by atoms with E-state index in [-0.39, 0.29) is 23.7 Å². The molecule has 2 aromatic heterocycles. The van der Waals surface area contributed by atoms with E-state index in [1.54, 1.807) is 51.0 Å². The monoisotopic (exact) mass is 565 g/mol. The molecule has 1 aliphatic rings. The topological polar surface area (TPSA) is 128 Å². The first-order valence-corrected chi connectivity index (χ1v) is 14.2. The van der Waals surface area contributed by atoms with Crippen LogP contribution in [0.3, 0.4) is 0 Å². The van der Waals surface area contributed by atoms with Gasteiger partial charge in [-0.1, -0.05) is 17.7 Å². The van der Waals surface area contributed by atoms with Gasteiger partial charge in [-0.15, -0.1) is 10.2 Å². The molecule has 0 radical (unpaired) electrons. The number of sulfone groups is 1. The molecule has 0 spiro atoms. The lowest BCUT2D eigenvalue weighted by molar-refractivity contribution is 0.0948. The van der Waals surface area contributed by atoms with Crippen molar-refractivity contribution in [1.82, 2.24) is 24.7 Å². The Hall–Kier alpha value is -2.80. The zero-order valence-electron chi connectivity index (χ0n) is 22.0. The van der Waals surface area contributed by atoms with Crippen LogP contribution in [0, 0.1) is 0 Å². The van der Waals surface area contributed by atoms with E-state index in [1.165, 1.54) is 19.5 Å². The minimum atomic E-state index is -3.85. The van der Waals surface area contributed by atoms with Crippen LogP contribution in [0.2, 0.25) is 5.02 Å². The number of rotatable bonds is 11. The lowest BCUT2D eigenvalue weighted by Gasteiger charge is -2.22. The summed E-state index contributed by atoms with van der Waals surface area (Å²) in [6, 6.07) is 5.37. The third-order valence-corrected chi connectivity index (χ3v) is 9.17. The summed E-state index contributed by atoms with van der Waals surface area (Å²) >= 11 is 5.91. The number of aromatic nitrogens is 5. The van der Waals surface area contributed by atoms with E-state index in [2.05, 4.69) is 20.2 Å². The molecule has 0 N–H and O–H groups in total. The molecule has 0 amide bonds. The van der Waals surface area contributed by atoms with Crippen molar-refractivity contribution in [3.05, 3.63) is 53.1 Å². The van der Waals surface area contributed by atoms with Gasteiger partial charge in [0, 0.05) is 32.5 Å². The number of methoxy groups -OCH3 is 4. The zero-order valence-corrected chi connectivity index (χ0v) is 23.6. The summed E-state index contributed by atoms with van der Waals surface area (Å²) in [6.07, 6.45) is 4.44. The molecule has 1 saturated carbocycles. The molecular formula is C25H32ClN5O6S. The van der Waals surface area contributed by atoms with Gasteiger partial charge in [0.1, 0.15) is 34.9 Å². The summed E-state index contributed by atoms with van der Waals surface area (Å²) in [4.78, 5) is 8.33. The minimum Gasteiger partial charge on any atom is -0.494 e. The predicted molar refractivity (Wildman–Crippen MR) is 141 cm³/mol. The van der Waals surface area contributed by atoms with Gasteiger partial charge < -0.3 is 18.9 Å². The maximum absolute atomic E-state index is 13.7. The largest absolute Gasteiger partial charge is 0.494 e. The van der Waals surface area contributed by atoms with E-state index in [4.69, 9.17) is 30.5 Å². The smallest absolute Gasteiger partial charge is 0.163 e. The second kappa shape index (κ2) is 11.9. The van der Waals surface area contributed by atoms with Gasteiger partial charge >= 0.3 is 0 Å². The zero-order chi connectivity index (χ0) is 27.4. The molecule has 11 nitrogen and oxygen atoms in total. The second-order valence-electron chi connectivity index (χ2n) is 9.12. The van der Waals surface area contributed by atoms with Crippen LogP contribution >= 0.6 is 11.6 Å². The molecule has 0 unspecified atom stereocenters. The Kier molecular flexibility index (Phi) is 8.86. The molecule has 1 aromatic carbocycles. The van der Waals surface area contributed by atoms with Crippen molar-refractivity contribution < 1.29 is 27.4 Å². The molecule has 206 valence electrons. The Balaban J connectivity index is 1.78. The number of halogens is 1. The van der Waals surface area contributed by atoms with Crippen LogP contribution in [0.5, 0.6) is 11.5 Å². The third kappa shape index (κ3) is 5.63. The maximum atomic E-state index is 13.7. The number of hydrogen-bond donors (Lipinski definition) is 0. The van der Waals surface area contributed by atoms with Gasteiger partial charge in [-0.25, -0.2) is 18.4 Å². The Morgan fingerprint density at radius 3 is 2.26 bits per heavy atom. The van der Waals surface area contributed by atoms with E-state index in [0.29, 0.717) is 28.0 Å². The summed E-state index contributed by atoms with van der Waals surface area (Å²) in [5, 5.41) is 8.20. The van der Waals surface area contributed by atoms with Crippen molar-refractivity contribution in [1.29, 1.82) is 0 Å². The molecular weight excluding hydrogens is 534 g/mol. The van der Waals surface area contributed by atoms with Crippen LogP contribution in [0.4, 0.5) is 0 Å². The molecule has 4 rings (SSSR count). The highest BCUT2D eigenvalue weighted by Crippen LogP contribution is 2.40. The SMILES string of the molecule is COc1cccc(OC)c1-n1c(CS(=O)(=O)[C@@H](C)[C@H](OC)c2ncc(Cl)cn2)nnc1[C@H]1CC[C@@H](OC)C1. The van der Waals surface area contributed by atoms with Crippen LogP contribution < -0.4 is 9.47 Å². The van der Waals surface area contributed by atoms with Crippen LogP contribution in [-0.2, 0) is 25.1 Å². The lowest BCUT2D eigenvalue weighted by atomic mass is 10.1. The molecule has 3 aromatic rings. The van der Waals surface area contributed by atoms with Gasteiger partial charge in [0.2, 0.25) is 0 Å². The van der Waals surface area contributed by atoms with Crippen molar-refractivity contribution in [2.24, 2.45) is 0 Å². The van der Waals surface area contributed by atoms with Crippen molar-refractivity contribution >= 4 is 21.4 Å². The van der Waals surface area contributed by atoms with Crippen LogP contribution in [0.15, 0.2) is 30.6 Å². The fourth-order valence-electron chi connectivity index (χ4n) is 4.85. The first kappa shape index (κ1) is 28.2. The quantitative estimate of drug-likeness (QED) is 0.339. The number of hydrogen-bond acceptors (Lipinski definition) is 10. The van der Waals surface area contributed by atoms with Crippen LogP contribution in [-0.4, -0.2) is 72.9 Å². The molecule has 38 heavy (non-hydrogen) atoms. The summed E-state index contributed by atoms with van der Waals surface area (Å²) in [5.74, 6) is 1.71. The number of para-hydroxylation sites is 1. The minimum absolute atomic E-state index is 0.0186. The van der Waals surface area contributed by atoms with E-state index < -0.39 is 26.9 Å². The van der Waals surface area contributed by atoms with E-state index in [9.17, 15) is 8.42 Å². The Morgan fingerprint density at radius 2 is 1.71 bits per heavy atom. The highest BCUT2D eigenvalue weighted by Gasteiger charge is 2.37. The van der Waals surface area contributed by atoms with Crippen LogP contribution in [0.25, 0.3) is 5.69 Å². The molecule has 13 heteroatoms. The number of nitrogens with zero attached hydrogens (tertiary/aromatic N) is 5. The summed E-state index contributed by atoms with van der Waals surface area (Å²) in [6.45, 7) is 1.56. The molecule has 0 bridgehead atoms. The van der Waals surface area contributed by atoms with E-state index in [1.807, 2.05) is 0 Å². The Labute approximate surface area is 227 Å². The Morgan fingerprint density at radius 1 is 1.05 bits per heavy atom. The third-order valence-electron chi connectivity index (χ3n) is 6.94. The number of ether oxygens (including phenoxy) is 4. The average Bonchev–Trinajstić information content (AvgIpc) is 3.56. The molecule has 1 aliphatic carbocycles. The van der Waals surface area contributed by atoms with Crippen molar-refractivity contribution in [2.75, 3.05) is 28.4 Å². The van der Waals surface area contributed by atoms with Gasteiger partial charge in [0.05, 0.1) is 30.6 Å². The fraction of sp³-hybridized carbons (Fsp3) is 0.520. The van der Waals surface area contributed by atoms with Crippen LogP contribution in [0.1, 0.15) is 55.7 Å². The standard InChI is InChI=1S/C25H32ClN5O6S/c1-15(23(37-5)24-27-12-17(26)13-28-24)38(32,33)14-21-29-30-25(16-9-10-18(11-16)34-2)31(21)22-19(35-3)7-6-8-20(22)36-4/h6-8,12-13,15-16,18,23H,9-11,14H2,1-5H3/t15-,16-,18+,23-/m0/s1. The van der Waals surface area contributed by atoms with E-state index >= 15 is 0 Å². The normalized spacial score (nSPS) is 19.3. The predicted octanol–water partition coefficient (Wildman–Crippen LogP) is 3.70. The second-order valence-corrected chi connectivity index (χ2v) is 11.9. The molecule has 2 heterocycles. The van der Waals surface area contributed by atoms with Crippen molar-refractivity contribution in [3.63, 3.8) is 0 Å². The van der Waals surface area contributed by atoms with Crippen molar-refractivity contribution in [2.45, 2.75) is 55.3 Å². The summed E-state index contributed by atoms with van der Waals surface area (Å²) in [5.41, 5.74) is 0.542. The summed E-state index contributed by atoms with van der Waals surface area (Å²) in [7, 11) is 2.36. The van der Waals surface area contributed by atoms with Gasteiger partial charge in [0.25, 0.3) is 0 Å². The van der Waals surface area contributed by atoms with Crippen molar-refractivity contribution in [3.8, 4) is 17.2 Å². The maximum Gasteiger partial charge on any atom is 0.163 e. The van der Waals surface area contributed by atoms with Gasteiger partial charge in [-0.3, -0.25) is 4.57 Å². The summed E-state index contributed by atoms with van der Waals surface area (Å²) < 4.78 is 51.6. The fourth-order valence-corrected chi connectivity index (χ4v) is 6.37. The molecule has 0 saturated heterocycles. The highest BCUT2D eigenvalue weighted by atomic mass is 35.5. The highest BCUT2D eigenvalue weighted by molar-refractivity contribution is 7.91. The number of benzene rings is 1. The lowest BCUT2D eigenvalue weighted by Crippen LogP contribution is -2.30. The van der Waals surface area contributed by atoms with E-state index in [0.717, 1.165) is 19.3 Å². The van der Waals surface area contributed by atoms with Gasteiger partial charge in [-0.2, -0.15) is 0 Å². The van der Waals surface area contributed by atoms with Gasteiger partial charge in [0.15, 0.2) is 21.5 Å². The van der Waals surface area contributed by atoms with Gasteiger partial charge in [-0.05, 0) is 38.3 Å². The molecule has 0 aliphatic heterocycles. The first-order chi connectivity index (χ1) is 18.2. The average molecular weight is 566 g/mol. The Bertz CT molecular complexity index is 1330. The first-order valence-electron chi connectivity index (χ1n) is 12.1.